The summed E-state index contributed by atoms with van der Waals surface area (Å²) in [5, 5.41) is 9.54. The van der Waals surface area contributed by atoms with Gasteiger partial charge in [-0.3, -0.25) is 9.89 Å². The Balaban J connectivity index is 1.94. The number of anilines is 1. The number of sulfonamides is 1. The Morgan fingerprint density at radius 1 is 1.34 bits per heavy atom. The Kier molecular flexibility index (Phi) is 6.36. The van der Waals surface area contributed by atoms with Crippen molar-refractivity contribution >= 4 is 33.8 Å². The molecule has 10 nitrogen and oxygen atoms in total. The van der Waals surface area contributed by atoms with E-state index in [0.717, 1.165) is 4.31 Å². The van der Waals surface area contributed by atoms with Gasteiger partial charge < -0.3 is 19.5 Å². The normalized spacial score (nSPS) is 15.0. The summed E-state index contributed by atoms with van der Waals surface area (Å²) in [5.41, 5.74) is 0.950. The Labute approximate surface area is 174 Å². The monoisotopic (exact) mass is 440 g/mol. The number of morpholine rings is 1. The minimum atomic E-state index is -3.68. The summed E-state index contributed by atoms with van der Waals surface area (Å²) in [6.45, 7) is 2.48. The van der Waals surface area contributed by atoms with Crippen molar-refractivity contribution in [2.24, 2.45) is 7.05 Å². The summed E-state index contributed by atoms with van der Waals surface area (Å²) in [7, 11) is 0.977. The lowest BCUT2D eigenvalue weighted by molar-refractivity contribution is 0.0948. The first-order chi connectivity index (χ1) is 13.7. The molecule has 158 valence electrons. The zero-order valence-electron chi connectivity index (χ0n) is 16.5. The second-order valence-electron chi connectivity index (χ2n) is 6.75. The minimum Gasteiger partial charge on any atom is -0.378 e. The Hall–Kier alpha value is -2.28. The third-order valence-electron chi connectivity index (χ3n) is 4.72. The number of hydrogen-bond acceptors (Lipinski definition) is 7. The first-order valence-corrected chi connectivity index (χ1v) is 10.8. The summed E-state index contributed by atoms with van der Waals surface area (Å²) < 4.78 is 33.7. The van der Waals surface area contributed by atoms with E-state index in [1.165, 1.54) is 26.2 Å². The second-order valence-corrected chi connectivity index (χ2v) is 9.29. The molecule has 29 heavy (non-hydrogen) atoms. The van der Waals surface area contributed by atoms with Gasteiger partial charge >= 0.3 is 0 Å². The van der Waals surface area contributed by atoms with Gasteiger partial charge in [0.15, 0.2) is 10.6 Å². The van der Waals surface area contributed by atoms with Crippen LogP contribution in [0.2, 0.25) is 0 Å². The average Bonchev–Trinajstić information content (AvgIpc) is 3.04. The maximum atomic E-state index is 13.0. The van der Waals surface area contributed by atoms with Crippen LogP contribution in [0.5, 0.6) is 0 Å². The van der Waals surface area contributed by atoms with Gasteiger partial charge in [-0.2, -0.15) is 5.10 Å². The van der Waals surface area contributed by atoms with Crippen molar-refractivity contribution in [3.8, 4) is 0 Å². The topological polar surface area (TPSA) is 113 Å². The SMILES string of the molecule is CN(C)S(=O)(=O)c1ccc(N2CCOCC2)c(C(=O)NCc2n[nH]c(=S)n2C)c1. The van der Waals surface area contributed by atoms with Crippen LogP contribution in [0, 0.1) is 4.77 Å². The van der Waals surface area contributed by atoms with Crippen molar-refractivity contribution in [1.29, 1.82) is 0 Å². The standard InChI is InChI=1S/C17H24N6O4S2/c1-21(2)29(25,26)12-4-5-14(23-6-8-27-9-7-23)13(10-12)16(24)18-11-15-19-20-17(28)22(15)3/h4-5,10H,6-9,11H2,1-3H3,(H,18,24)(H,20,28). The number of H-pyrrole nitrogens is 1. The molecule has 2 aromatic rings. The van der Waals surface area contributed by atoms with E-state index in [9.17, 15) is 13.2 Å². The van der Waals surface area contributed by atoms with Crippen LogP contribution in [0.15, 0.2) is 23.1 Å². The first kappa shape index (κ1) is 21.4. The fourth-order valence-corrected chi connectivity index (χ4v) is 4.02. The lowest BCUT2D eigenvalue weighted by atomic mass is 10.1. The number of nitrogens with zero attached hydrogens (tertiary/aromatic N) is 4. The number of carbonyl (C=O) groups is 1. The minimum absolute atomic E-state index is 0.0582. The lowest BCUT2D eigenvalue weighted by Crippen LogP contribution is -2.38. The Morgan fingerprint density at radius 2 is 2.03 bits per heavy atom. The predicted molar refractivity (Wildman–Crippen MR) is 110 cm³/mol. The van der Waals surface area contributed by atoms with Gasteiger partial charge in [0.2, 0.25) is 10.0 Å². The van der Waals surface area contributed by atoms with E-state index in [1.807, 2.05) is 4.90 Å². The molecule has 1 aromatic carbocycles. The molecule has 0 unspecified atom stereocenters. The molecule has 1 amide bonds. The third kappa shape index (κ3) is 4.50. The van der Waals surface area contributed by atoms with Crippen LogP contribution in [-0.4, -0.2) is 73.8 Å². The van der Waals surface area contributed by atoms with Gasteiger partial charge in [-0.15, -0.1) is 0 Å². The first-order valence-electron chi connectivity index (χ1n) is 8.99. The molecule has 3 rings (SSSR count). The highest BCUT2D eigenvalue weighted by Gasteiger charge is 2.24. The fraction of sp³-hybridized carbons (Fsp3) is 0.471. The van der Waals surface area contributed by atoms with Gasteiger partial charge in [-0.1, -0.05) is 0 Å². The summed E-state index contributed by atoms with van der Waals surface area (Å²) >= 11 is 5.08. The molecule has 0 atom stereocenters. The molecule has 1 aliphatic rings. The van der Waals surface area contributed by atoms with Crippen molar-refractivity contribution in [2.45, 2.75) is 11.4 Å². The van der Waals surface area contributed by atoms with Crippen LogP contribution < -0.4 is 10.2 Å². The van der Waals surface area contributed by atoms with Crippen LogP contribution in [0.4, 0.5) is 5.69 Å². The number of carbonyl (C=O) groups excluding carboxylic acids is 1. The largest absolute Gasteiger partial charge is 0.378 e. The van der Waals surface area contributed by atoms with Gasteiger partial charge in [0, 0.05) is 39.9 Å². The van der Waals surface area contributed by atoms with Gasteiger partial charge in [0.25, 0.3) is 5.91 Å². The zero-order chi connectivity index (χ0) is 21.2. The van der Waals surface area contributed by atoms with Crippen molar-refractivity contribution in [2.75, 3.05) is 45.3 Å². The number of aromatic nitrogens is 3. The lowest BCUT2D eigenvalue weighted by Gasteiger charge is -2.30. The molecule has 12 heteroatoms. The number of nitrogens with one attached hydrogen (secondary N) is 2. The summed E-state index contributed by atoms with van der Waals surface area (Å²) in [5.74, 6) is 0.171. The maximum Gasteiger partial charge on any atom is 0.253 e. The number of hydrogen-bond donors (Lipinski definition) is 2. The molecule has 2 N–H and O–H groups in total. The molecule has 1 fully saturated rings. The highest BCUT2D eigenvalue weighted by Crippen LogP contribution is 2.26. The van der Waals surface area contributed by atoms with E-state index in [0.29, 0.717) is 42.6 Å². The van der Waals surface area contributed by atoms with Crippen LogP contribution in [-0.2, 0) is 28.4 Å². The van der Waals surface area contributed by atoms with Crippen molar-refractivity contribution in [3.63, 3.8) is 0 Å². The van der Waals surface area contributed by atoms with Gasteiger partial charge in [0.1, 0.15) is 0 Å². The highest BCUT2D eigenvalue weighted by molar-refractivity contribution is 7.89. The predicted octanol–water partition coefficient (Wildman–Crippen LogP) is 0.495. The summed E-state index contributed by atoms with van der Waals surface area (Å²) in [6.07, 6.45) is 0. The summed E-state index contributed by atoms with van der Waals surface area (Å²) in [4.78, 5) is 15.1. The molecule has 0 saturated carbocycles. The van der Waals surface area contributed by atoms with Crippen LogP contribution in [0.25, 0.3) is 0 Å². The van der Waals surface area contributed by atoms with E-state index < -0.39 is 15.9 Å². The van der Waals surface area contributed by atoms with Gasteiger partial charge in [-0.05, 0) is 30.4 Å². The van der Waals surface area contributed by atoms with Gasteiger partial charge in [0.05, 0.1) is 30.2 Å². The molecule has 0 aliphatic carbocycles. The summed E-state index contributed by atoms with van der Waals surface area (Å²) in [6, 6.07) is 4.61. The quantitative estimate of drug-likeness (QED) is 0.629. The fourth-order valence-electron chi connectivity index (χ4n) is 2.94. The van der Waals surface area contributed by atoms with E-state index in [-0.39, 0.29) is 17.0 Å². The molecule has 2 heterocycles. The Bertz CT molecular complexity index is 1050. The number of benzene rings is 1. The van der Waals surface area contributed by atoms with Crippen molar-refractivity contribution in [1.82, 2.24) is 24.4 Å². The van der Waals surface area contributed by atoms with Crippen LogP contribution >= 0.6 is 12.2 Å². The second kappa shape index (κ2) is 8.61. The molecular formula is C17H24N6O4S2. The molecular weight excluding hydrogens is 416 g/mol. The van der Waals surface area contributed by atoms with E-state index >= 15 is 0 Å². The van der Waals surface area contributed by atoms with Crippen LogP contribution in [0.1, 0.15) is 16.2 Å². The van der Waals surface area contributed by atoms with E-state index in [1.54, 1.807) is 17.7 Å². The molecule has 1 aromatic heterocycles. The van der Waals surface area contributed by atoms with E-state index in [4.69, 9.17) is 17.0 Å². The number of ether oxygens (including phenoxy) is 1. The molecule has 0 bridgehead atoms. The molecule has 0 spiro atoms. The number of amides is 1. The maximum absolute atomic E-state index is 13.0. The molecule has 1 saturated heterocycles. The van der Waals surface area contributed by atoms with Crippen LogP contribution in [0.3, 0.4) is 0 Å². The highest BCUT2D eigenvalue weighted by atomic mass is 32.2. The van der Waals surface area contributed by atoms with E-state index in [2.05, 4.69) is 15.5 Å². The number of rotatable bonds is 6. The van der Waals surface area contributed by atoms with Gasteiger partial charge in [-0.25, -0.2) is 12.7 Å². The zero-order valence-corrected chi connectivity index (χ0v) is 18.1. The van der Waals surface area contributed by atoms with Crippen molar-refractivity contribution < 1.29 is 17.9 Å². The molecule has 0 radical (unpaired) electrons. The third-order valence-corrected chi connectivity index (χ3v) is 6.90. The Morgan fingerprint density at radius 3 is 2.62 bits per heavy atom. The number of aromatic amines is 1. The average molecular weight is 441 g/mol. The van der Waals surface area contributed by atoms with Crippen molar-refractivity contribution in [3.05, 3.63) is 34.4 Å². The smallest absolute Gasteiger partial charge is 0.253 e. The molecule has 1 aliphatic heterocycles.